The van der Waals surface area contributed by atoms with Crippen LogP contribution in [0.4, 0.5) is 0 Å². The molecule has 0 aliphatic carbocycles. The first-order valence-corrected chi connectivity index (χ1v) is 11.7. The molecule has 0 aliphatic rings. The minimum atomic E-state index is 0.788. The van der Waals surface area contributed by atoms with Crippen molar-refractivity contribution in [2.24, 2.45) is 0 Å². The van der Waals surface area contributed by atoms with Gasteiger partial charge in [0.2, 0.25) is 0 Å². The summed E-state index contributed by atoms with van der Waals surface area (Å²) >= 11 is 0. The summed E-state index contributed by atoms with van der Waals surface area (Å²) in [5, 5.41) is 2.48. The Morgan fingerprint density at radius 2 is 0.914 bits per heavy atom. The zero-order valence-corrected chi connectivity index (χ0v) is 19.8. The van der Waals surface area contributed by atoms with Crippen molar-refractivity contribution in [2.45, 2.75) is 6.42 Å². The summed E-state index contributed by atoms with van der Waals surface area (Å²) in [7, 11) is 3.39. The smallest absolute Gasteiger partial charge is 0.118 e. The van der Waals surface area contributed by atoms with Gasteiger partial charge in [-0.05, 0) is 82.9 Å². The van der Waals surface area contributed by atoms with Crippen molar-refractivity contribution < 1.29 is 9.47 Å². The largest absolute Gasteiger partial charge is 0.497 e. The maximum Gasteiger partial charge on any atom is 0.118 e. The Hall–Kier alpha value is -4.44. The van der Waals surface area contributed by atoms with E-state index in [1.807, 2.05) is 24.3 Å². The topological polar surface area (TPSA) is 50.0 Å². The quantitative estimate of drug-likeness (QED) is 0.270. The molecule has 2 N–H and O–H groups in total. The highest BCUT2D eigenvalue weighted by Gasteiger charge is 2.19. The molecular weight excluding hydrogens is 432 g/mol. The summed E-state index contributed by atoms with van der Waals surface area (Å²) in [6, 6.07) is 33.6. The normalized spacial score (nSPS) is 11.3. The molecule has 4 heteroatoms. The summed E-state index contributed by atoms with van der Waals surface area (Å²) in [6.45, 7) is 0. The summed E-state index contributed by atoms with van der Waals surface area (Å²) in [5.41, 5.74) is 9.40. The van der Waals surface area contributed by atoms with E-state index in [1.54, 1.807) is 14.2 Å². The Labute approximate surface area is 204 Å². The molecule has 0 bridgehead atoms. The third-order valence-corrected chi connectivity index (χ3v) is 6.74. The van der Waals surface area contributed by atoms with Crippen LogP contribution >= 0.6 is 0 Å². The minimum Gasteiger partial charge on any atom is -0.497 e. The number of ether oxygens (including phenoxy) is 2. The molecule has 172 valence electrons. The summed E-state index contributed by atoms with van der Waals surface area (Å²) < 4.78 is 10.8. The Morgan fingerprint density at radius 1 is 0.514 bits per heavy atom. The molecule has 4 aromatic carbocycles. The molecule has 0 aliphatic heterocycles. The predicted molar refractivity (Wildman–Crippen MR) is 143 cm³/mol. The first kappa shape index (κ1) is 21.1. The summed E-state index contributed by atoms with van der Waals surface area (Å²) in [6.07, 6.45) is 0.788. The minimum absolute atomic E-state index is 0.788. The van der Waals surface area contributed by atoms with E-state index in [1.165, 1.54) is 21.9 Å². The highest BCUT2D eigenvalue weighted by molar-refractivity contribution is 5.95. The number of methoxy groups -OCH3 is 2. The van der Waals surface area contributed by atoms with Crippen molar-refractivity contribution in [1.29, 1.82) is 0 Å². The highest BCUT2D eigenvalue weighted by atomic mass is 16.5. The van der Waals surface area contributed by atoms with Gasteiger partial charge >= 0.3 is 0 Å². The van der Waals surface area contributed by atoms with E-state index >= 15 is 0 Å². The predicted octanol–water partition coefficient (Wildman–Crippen LogP) is 7.59. The average Bonchev–Trinajstić information content (AvgIpc) is 3.48. The van der Waals surface area contributed by atoms with Gasteiger partial charge in [0.25, 0.3) is 0 Å². The maximum atomic E-state index is 5.39. The number of nitrogens with one attached hydrogen (secondary N) is 2. The number of aromatic nitrogens is 2. The van der Waals surface area contributed by atoms with Crippen LogP contribution in [0.15, 0.2) is 97.1 Å². The van der Waals surface area contributed by atoms with Gasteiger partial charge in [0, 0.05) is 28.2 Å². The second-order valence-electron chi connectivity index (χ2n) is 8.68. The van der Waals surface area contributed by atoms with Crippen molar-refractivity contribution in [3.63, 3.8) is 0 Å². The molecule has 0 saturated carbocycles. The van der Waals surface area contributed by atoms with Crippen LogP contribution < -0.4 is 9.47 Å². The van der Waals surface area contributed by atoms with Gasteiger partial charge in [-0.1, -0.05) is 36.4 Å². The molecule has 35 heavy (non-hydrogen) atoms. The van der Waals surface area contributed by atoms with E-state index in [-0.39, 0.29) is 0 Å². The van der Waals surface area contributed by atoms with Crippen molar-refractivity contribution >= 4 is 21.8 Å². The molecule has 0 amide bonds. The molecule has 0 spiro atoms. The van der Waals surface area contributed by atoms with Crippen LogP contribution in [0.3, 0.4) is 0 Å². The van der Waals surface area contributed by atoms with Crippen LogP contribution in [0.5, 0.6) is 11.5 Å². The number of aromatic amines is 2. The van der Waals surface area contributed by atoms with Gasteiger partial charge in [0.1, 0.15) is 11.5 Å². The molecule has 4 nitrogen and oxygen atoms in total. The number of para-hydroxylation sites is 2. The lowest BCUT2D eigenvalue weighted by Gasteiger charge is -2.10. The Kier molecular flexibility index (Phi) is 5.27. The fraction of sp³-hybridized carbons (Fsp3) is 0.0968. The second-order valence-corrected chi connectivity index (χ2v) is 8.68. The Balaban J connectivity index is 1.54. The molecule has 2 heterocycles. The number of rotatable bonds is 6. The van der Waals surface area contributed by atoms with E-state index < -0.39 is 0 Å². The highest BCUT2D eigenvalue weighted by Crippen LogP contribution is 2.38. The molecule has 0 fully saturated rings. The van der Waals surface area contributed by atoms with E-state index in [0.29, 0.717) is 0 Å². The van der Waals surface area contributed by atoms with Gasteiger partial charge in [0.05, 0.1) is 25.6 Å². The zero-order chi connectivity index (χ0) is 23.8. The van der Waals surface area contributed by atoms with E-state index in [2.05, 4.69) is 82.8 Å². The molecular formula is C31H26N2O2. The van der Waals surface area contributed by atoms with E-state index in [9.17, 15) is 0 Å². The number of H-pyrrole nitrogens is 2. The molecule has 2 aromatic heterocycles. The lowest BCUT2D eigenvalue weighted by Crippen LogP contribution is -1.93. The van der Waals surface area contributed by atoms with Gasteiger partial charge < -0.3 is 19.4 Å². The number of hydrogen-bond acceptors (Lipinski definition) is 2. The fourth-order valence-electron chi connectivity index (χ4n) is 4.95. The molecule has 0 saturated heterocycles. The van der Waals surface area contributed by atoms with E-state index in [0.717, 1.165) is 51.5 Å². The van der Waals surface area contributed by atoms with Crippen LogP contribution in [-0.4, -0.2) is 24.2 Å². The first-order valence-electron chi connectivity index (χ1n) is 11.7. The third-order valence-electron chi connectivity index (χ3n) is 6.74. The van der Waals surface area contributed by atoms with Crippen molar-refractivity contribution in [2.75, 3.05) is 14.2 Å². The number of benzene rings is 4. The standard InChI is InChI=1S/C31H26N2O2/c1-34-22-15-11-20(12-16-22)30-26(24-7-3-5-9-28(24)32-30)19-27-25-8-4-6-10-29(25)33-31(27)21-13-17-23(35-2)18-14-21/h3-18,32-33H,19H2,1-2H3. The molecule has 6 aromatic rings. The lowest BCUT2D eigenvalue weighted by atomic mass is 9.95. The summed E-state index contributed by atoms with van der Waals surface area (Å²) in [4.78, 5) is 7.37. The Morgan fingerprint density at radius 3 is 1.31 bits per heavy atom. The third kappa shape index (κ3) is 3.73. The van der Waals surface area contributed by atoms with Gasteiger partial charge in [-0.3, -0.25) is 0 Å². The van der Waals surface area contributed by atoms with Crippen LogP contribution in [0.25, 0.3) is 44.3 Å². The molecule has 6 rings (SSSR count). The van der Waals surface area contributed by atoms with Crippen LogP contribution in [0, 0.1) is 0 Å². The van der Waals surface area contributed by atoms with Gasteiger partial charge in [-0.25, -0.2) is 0 Å². The molecule has 0 unspecified atom stereocenters. The monoisotopic (exact) mass is 458 g/mol. The van der Waals surface area contributed by atoms with Gasteiger partial charge in [-0.2, -0.15) is 0 Å². The lowest BCUT2D eigenvalue weighted by molar-refractivity contribution is 0.415. The van der Waals surface area contributed by atoms with Crippen LogP contribution in [0.1, 0.15) is 11.1 Å². The second kappa shape index (κ2) is 8.73. The van der Waals surface area contributed by atoms with Gasteiger partial charge in [-0.15, -0.1) is 0 Å². The number of fused-ring (bicyclic) bond motifs is 2. The molecule has 0 atom stereocenters. The van der Waals surface area contributed by atoms with E-state index in [4.69, 9.17) is 9.47 Å². The van der Waals surface area contributed by atoms with Crippen molar-refractivity contribution in [3.05, 3.63) is 108 Å². The Bertz CT molecular complexity index is 1500. The zero-order valence-electron chi connectivity index (χ0n) is 19.8. The first-order chi connectivity index (χ1) is 17.2. The van der Waals surface area contributed by atoms with Crippen molar-refractivity contribution in [3.8, 4) is 34.0 Å². The van der Waals surface area contributed by atoms with Gasteiger partial charge in [0.15, 0.2) is 0 Å². The van der Waals surface area contributed by atoms with Crippen LogP contribution in [0.2, 0.25) is 0 Å². The van der Waals surface area contributed by atoms with Crippen molar-refractivity contribution in [1.82, 2.24) is 9.97 Å². The maximum absolute atomic E-state index is 5.39. The average molecular weight is 459 g/mol. The summed E-state index contributed by atoms with van der Waals surface area (Å²) in [5.74, 6) is 1.70. The number of hydrogen-bond donors (Lipinski definition) is 2. The van der Waals surface area contributed by atoms with Crippen LogP contribution in [-0.2, 0) is 6.42 Å². The molecule has 0 radical (unpaired) electrons. The fourth-order valence-corrected chi connectivity index (χ4v) is 4.95. The SMILES string of the molecule is COc1ccc(-c2[nH]c3ccccc3c2Cc2c(-c3ccc(OC)cc3)[nH]c3ccccc23)cc1.